The van der Waals surface area contributed by atoms with Gasteiger partial charge in [-0.3, -0.25) is 0 Å². The summed E-state index contributed by atoms with van der Waals surface area (Å²) in [5.41, 5.74) is 0. The molecule has 0 atom stereocenters. The van der Waals surface area contributed by atoms with E-state index < -0.39 is 22.2 Å². The van der Waals surface area contributed by atoms with Gasteiger partial charge >= 0.3 is 90.4 Å². The third-order valence-electron chi connectivity index (χ3n) is 0.966. The van der Waals surface area contributed by atoms with Crippen molar-refractivity contribution >= 4 is 21.1 Å². The molecule has 0 aromatic rings. The summed E-state index contributed by atoms with van der Waals surface area (Å²) in [4.78, 5) is 10.4. The van der Waals surface area contributed by atoms with E-state index in [-0.39, 0.29) is 4.77 Å². The second kappa shape index (κ2) is 9.67. The molecular formula is C5H11AlFINO3-. The number of carbonyl (C=O) groups excluding carboxylic acids is 1. The molecule has 0 saturated carbocycles. The van der Waals surface area contributed by atoms with Crippen LogP contribution in [0.5, 0.6) is 0 Å². The fourth-order valence-corrected chi connectivity index (χ4v) is 1.12. The van der Waals surface area contributed by atoms with Crippen LogP contribution in [0.4, 0.5) is 7.65 Å². The van der Waals surface area contributed by atoms with Gasteiger partial charge in [0, 0.05) is 0 Å². The second-order valence-electron chi connectivity index (χ2n) is 1.97. The molecule has 12 heavy (non-hydrogen) atoms. The normalized spacial score (nSPS) is 10.1. The van der Waals surface area contributed by atoms with Gasteiger partial charge < -0.3 is 0 Å². The van der Waals surface area contributed by atoms with Crippen molar-refractivity contribution in [3.8, 4) is 0 Å². The minimum atomic E-state index is -1.57. The van der Waals surface area contributed by atoms with Crippen molar-refractivity contribution in [2.24, 2.45) is 0 Å². The first kappa shape index (κ1) is 12.6. The Morgan fingerprint density at radius 1 is 1.50 bits per heavy atom. The Morgan fingerprint density at radius 2 is 2.25 bits per heavy atom. The van der Waals surface area contributed by atoms with Crippen molar-refractivity contribution in [2.75, 3.05) is 26.4 Å². The molecule has 1 N–H and O–H groups in total. The van der Waals surface area contributed by atoms with Crippen LogP contribution in [0.2, 0.25) is 0 Å². The fourth-order valence-electron chi connectivity index (χ4n) is 0.521. The van der Waals surface area contributed by atoms with Crippen LogP contribution in [0.3, 0.4) is 0 Å². The van der Waals surface area contributed by atoms with Crippen LogP contribution in [0.15, 0.2) is 0 Å². The van der Waals surface area contributed by atoms with Gasteiger partial charge in [-0.1, -0.05) is 0 Å². The van der Waals surface area contributed by atoms with Crippen molar-refractivity contribution < 1.29 is 37.7 Å². The van der Waals surface area contributed by atoms with Crippen LogP contribution in [-0.2, 0) is 7.80 Å². The Labute approximate surface area is 90.2 Å². The van der Waals surface area contributed by atoms with Crippen molar-refractivity contribution in [2.45, 2.75) is 0 Å². The van der Waals surface area contributed by atoms with E-state index in [1.165, 1.54) is 0 Å². The quantitative estimate of drug-likeness (QED) is 0.299. The van der Waals surface area contributed by atoms with Crippen molar-refractivity contribution in [1.82, 2.24) is 5.32 Å². The summed E-state index contributed by atoms with van der Waals surface area (Å²) >= 11 is -1.06. The Bertz CT molecular complexity index is 129. The molecule has 0 bridgehead atoms. The van der Waals surface area contributed by atoms with Crippen LogP contribution in [0, 0.1) is 0 Å². The van der Waals surface area contributed by atoms with E-state index in [1.807, 2.05) is 0 Å². The van der Waals surface area contributed by atoms with Gasteiger partial charge in [0.25, 0.3) is 0 Å². The van der Waals surface area contributed by atoms with Crippen molar-refractivity contribution in [1.29, 1.82) is 0 Å². The number of ether oxygens (including phenoxy) is 1. The van der Waals surface area contributed by atoms with Gasteiger partial charge in [-0.05, 0) is 0 Å². The summed E-state index contributed by atoms with van der Waals surface area (Å²) < 4.78 is 21.0. The Kier molecular flexibility index (Phi) is 10.1. The molecule has 0 aromatic heterocycles. The Hall–Kier alpha value is 0.582. The monoisotopic (exact) mass is 306 g/mol. The van der Waals surface area contributed by atoms with E-state index in [1.54, 1.807) is 0 Å². The zero-order chi connectivity index (χ0) is 9.23. The zero-order valence-corrected chi connectivity index (χ0v) is 11.0. The summed E-state index contributed by atoms with van der Waals surface area (Å²) in [7, 11) is 0. The zero-order valence-electron chi connectivity index (χ0n) is 6.81. The fraction of sp³-hybridized carbons (Fsp3) is 0.800. The molecule has 1 amide bonds. The van der Waals surface area contributed by atoms with Gasteiger partial charge in [-0.2, -0.15) is 0 Å². The molecule has 0 aliphatic rings. The molecule has 0 saturated heterocycles. The second-order valence-corrected chi connectivity index (χ2v) is 3.83. The summed E-state index contributed by atoms with van der Waals surface area (Å²) in [5, 5.41) is 2.63. The molecule has 0 radical (unpaired) electrons. The van der Waals surface area contributed by atoms with E-state index in [2.05, 4.69) is 8.38 Å². The molecule has 0 aliphatic heterocycles. The number of rotatable bonds is 7. The molecule has 4 nitrogen and oxygen atoms in total. The number of halogens is 2. The molecular weight excluding hydrogens is 295 g/mol. The number of hydrogen-bond donors (Lipinski definition) is 1. The molecule has 7 heteroatoms. The van der Waals surface area contributed by atoms with Crippen molar-refractivity contribution in [3.63, 3.8) is 0 Å². The Morgan fingerprint density at radius 3 is 2.83 bits per heavy atom. The van der Waals surface area contributed by atoms with E-state index >= 15 is 0 Å². The van der Waals surface area contributed by atoms with Crippen LogP contribution in [0.1, 0.15) is 0 Å². The van der Waals surface area contributed by atoms with Gasteiger partial charge in [0.1, 0.15) is 0 Å². The van der Waals surface area contributed by atoms with E-state index in [0.717, 1.165) is 0 Å². The van der Waals surface area contributed by atoms with Gasteiger partial charge in [0.2, 0.25) is 0 Å². The molecule has 0 heterocycles. The van der Waals surface area contributed by atoms with Gasteiger partial charge in [0.15, 0.2) is 0 Å². The summed E-state index contributed by atoms with van der Waals surface area (Å²) in [6.07, 6.45) is 0. The third-order valence-corrected chi connectivity index (χ3v) is 2.00. The molecule has 0 rings (SSSR count). The van der Waals surface area contributed by atoms with Crippen LogP contribution in [0.25, 0.3) is 0 Å². The predicted molar refractivity (Wildman–Crippen MR) is 39.8 cm³/mol. The maximum absolute atomic E-state index is 11.5. The van der Waals surface area contributed by atoms with Crippen LogP contribution < -0.4 is 27.5 Å². The number of carbonyl (C=O) groups is 1. The average molecular weight is 306 g/mol. The molecule has 72 valence electrons. The molecule has 0 unspecified atom stereocenters. The van der Waals surface area contributed by atoms with E-state index in [4.69, 9.17) is 4.74 Å². The average Bonchev–Trinajstić information content (AvgIpc) is 2.02. The number of hydrogen-bond acceptors (Lipinski definition) is 3. The number of amides is 1. The minimum absolute atomic E-state index is 0.0597. The predicted octanol–water partition coefficient (Wildman–Crippen LogP) is -3.75. The molecule has 0 aromatic carbocycles. The van der Waals surface area contributed by atoms with Crippen molar-refractivity contribution in [3.05, 3.63) is 0 Å². The van der Waals surface area contributed by atoms with Gasteiger partial charge in [0.05, 0.1) is 0 Å². The van der Waals surface area contributed by atoms with E-state index in [0.29, 0.717) is 42.7 Å². The van der Waals surface area contributed by atoms with Crippen LogP contribution in [-0.4, -0.2) is 47.4 Å². The molecule has 0 aliphatic carbocycles. The summed E-state index contributed by atoms with van der Waals surface area (Å²) in [6, 6.07) is 0. The Balaban J connectivity index is 2.86. The summed E-state index contributed by atoms with van der Waals surface area (Å²) in [6.45, 7) is 1.67. The van der Waals surface area contributed by atoms with E-state index in [9.17, 15) is 7.65 Å². The third kappa shape index (κ3) is 10.6. The SMILES string of the molecule is O=[C]([AlH2])NCCOCCO[I-]F. The first-order valence-corrected chi connectivity index (χ1v) is 6.17. The standard InChI is InChI=1S/C5H9FINO3.Al.2H/c6-7-11-4-3-10-2-1-8-5-9;;;/h1-4H2,(H,8,9);;;/q-1;;;. The van der Waals surface area contributed by atoms with Gasteiger partial charge in [-0.15, -0.1) is 0 Å². The number of nitrogens with one attached hydrogen (secondary N) is 1. The first-order valence-electron chi connectivity index (χ1n) is 3.47. The van der Waals surface area contributed by atoms with Crippen LogP contribution >= 0.6 is 0 Å². The first-order chi connectivity index (χ1) is 5.77. The van der Waals surface area contributed by atoms with Gasteiger partial charge in [-0.25, -0.2) is 0 Å². The summed E-state index contributed by atoms with van der Waals surface area (Å²) in [5.74, 6) is 0. The maximum atomic E-state index is 11.5. The molecule has 0 spiro atoms. The molecule has 0 fully saturated rings. The topological polar surface area (TPSA) is 47.6 Å².